The topological polar surface area (TPSA) is 41.3 Å². The molecular weight excluding hydrogens is 178 g/mol. The quantitative estimate of drug-likeness (QED) is 0.762. The molecule has 14 heavy (non-hydrogen) atoms. The molecular formula is C10H17N3O. The molecule has 1 aliphatic heterocycles. The van der Waals surface area contributed by atoms with Crippen LogP contribution in [0.15, 0.2) is 12.4 Å². The van der Waals surface area contributed by atoms with Crippen LogP contribution in [0.2, 0.25) is 0 Å². The molecule has 1 N–H and O–H groups in total. The van der Waals surface area contributed by atoms with E-state index in [4.69, 9.17) is 0 Å². The lowest BCUT2D eigenvalue weighted by Crippen LogP contribution is -2.59. The van der Waals surface area contributed by atoms with Crippen molar-refractivity contribution in [2.45, 2.75) is 32.5 Å². The molecule has 1 aromatic rings. The molecule has 2 rings (SSSR count). The van der Waals surface area contributed by atoms with Crippen LogP contribution in [0.3, 0.4) is 0 Å². The predicted molar refractivity (Wildman–Crippen MR) is 53.8 cm³/mol. The number of likely N-dealkylation sites (tertiary alicyclic amines) is 1. The van der Waals surface area contributed by atoms with Gasteiger partial charge in [0.25, 0.3) is 0 Å². The summed E-state index contributed by atoms with van der Waals surface area (Å²) in [5.74, 6) is 0. The maximum absolute atomic E-state index is 9.55. The van der Waals surface area contributed by atoms with Gasteiger partial charge < -0.3 is 5.11 Å². The van der Waals surface area contributed by atoms with Gasteiger partial charge in [-0.15, -0.1) is 0 Å². The fraction of sp³-hybridized carbons (Fsp3) is 0.700. The Bertz CT molecular complexity index is 311. The molecule has 0 saturated carbocycles. The van der Waals surface area contributed by atoms with E-state index in [1.54, 1.807) is 0 Å². The fourth-order valence-corrected chi connectivity index (χ4v) is 1.95. The van der Waals surface area contributed by atoms with E-state index >= 15 is 0 Å². The van der Waals surface area contributed by atoms with Crippen molar-refractivity contribution in [3.05, 3.63) is 18.0 Å². The molecule has 2 heterocycles. The van der Waals surface area contributed by atoms with Crippen LogP contribution in [0.1, 0.15) is 19.4 Å². The Hall–Kier alpha value is -0.870. The minimum absolute atomic E-state index is 0.471. The normalized spacial score (nSPS) is 20.8. The van der Waals surface area contributed by atoms with Gasteiger partial charge in [-0.05, 0) is 13.8 Å². The number of rotatable bonds is 3. The zero-order valence-corrected chi connectivity index (χ0v) is 8.77. The third-order valence-electron chi connectivity index (χ3n) is 2.55. The summed E-state index contributed by atoms with van der Waals surface area (Å²) in [6, 6.07) is 0. The van der Waals surface area contributed by atoms with Crippen LogP contribution in [-0.2, 0) is 13.1 Å². The molecule has 0 spiro atoms. The van der Waals surface area contributed by atoms with Crippen molar-refractivity contribution >= 4 is 0 Å². The van der Waals surface area contributed by atoms with Gasteiger partial charge >= 0.3 is 0 Å². The Morgan fingerprint density at radius 2 is 2.29 bits per heavy atom. The third-order valence-corrected chi connectivity index (χ3v) is 2.55. The zero-order valence-electron chi connectivity index (χ0n) is 8.77. The summed E-state index contributed by atoms with van der Waals surface area (Å²) in [4.78, 5) is 2.22. The lowest BCUT2D eigenvalue weighted by atomic mass is 9.97. The van der Waals surface area contributed by atoms with Crippen LogP contribution in [-0.4, -0.2) is 38.5 Å². The molecule has 78 valence electrons. The Labute approximate surface area is 84.1 Å². The zero-order chi connectivity index (χ0) is 10.2. The minimum Gasteiger partial charge on any atom is -0.388 e. The molecule has 1 aromatic heterocycles. The molecule has 4 heteroatoms. The second-order valence-electron chi connectivity index (χ2n) is 4.35. The van der Waals surface area contributed by atoms with Crippen LogP contribution in [0.4, 0.5) is 0 Å². The summed E-state index contributed by atoms with van der Waals surface area (Å²) in [5, 5.41) is 13.8. The van der Waals surface area contributed by atoms with E-state index in [2.05, 4.69) is 23.1 Å². The van der Waals surface area contributed by atoms with Crippen LogP contribution in [0.25, 0.3) is 0 Å². The van der Waals surface area contributed by atoms with Crippen LogP contribution in [0, 0.1) is 0 Å². The van der Waals surface area contributed by atoms with Crippen molar-refractivity contribution in [1.82, 2.24) is 14.7 Å². The Morgan fingerprint density at radius 1 is 1.57 bits per heavy atom. The summed E-state index contributed by atoms with van der Waals surface area (Å²) in [7, 11) is 0. The number of aliphatic hydroxyl groups is 1. The highest BCUT2D eigenvalue weighted by molar-refractivity contribution is 5.06. The number of hydrogen-bond acceptors (Lipinski definition) is 3. The first-order valence-corrected chi connectivity index (χ1v) is 5.05. The van der Waals surface area contributed by atoms with E-state index in [0.717, 1.165) is 26.2 Å². The molecule has 0 unspecified atom stereocenters. The Morgan fingerprint density at radius 3 is 2.79 bits per heavy atom. The second-order valence-corrected chi connectivity index (χ2v) is 4.35. The van der Waals surface area contributed by atoms with Gasteiger partial charge in [-0.1, -0.05) is 0 Å². The first-order chi connectivity index (χ1) is 6.59. The average molecular weight is 195 g/mol. The van der Waals surface area contributed by atoms with Crippen LogP contribution >= 0.6 is 0 Å². The Kier molecular flexibility index (Phi) is 2.33. The summed E-state index contributed by atoms with van der Waals surface area (Å²) < 4.78 is 1.92. The molecule has 1 aliphatic rings. The summed E-state index contributed by atoms with van der Waals surface area (Å²) in [5.41, 5.74) is 0.753. The van der Waals surface area contributed by atoms with E-state index in [0.29, 0.717) is 0 Å². The first-order valence-electron chi connectivity index (χ1n) is 5.05. The summed E-state index contributed by atoms with van der Waals surface area (Å²) >= 11 is 0. The number of hydrogen-bond donors (Lipinski definition) is 1. The Balaban J connectivity index is 1.87. The van der Waals surface area contributed by atoms with Gasteiger partial charge in [-0.3, -0.25) is 9.58 Å². The largest absolute Gasteiger partial charge is 0.388 e. The standard InChI is InChI=1S/C10H17N3O/c1-3-13-6-9(4-11-13)5-12-7-10(2,14)8-12/h4,6,14H,3,5,7-8H2,1-2H3. The monoisotopic (exact) mass is 195 g/mol. The van der Waals surface area contributed by atoms with Crippen molar-refractivity contribution in [2.24, 2.45) is 0 Å². The van der Waals surface area contributed by atoms with E-state index in [1.807, 2.05) is 17.8 Å². The molecule has 0 radical (unpaired) electrons. The van der Waals surface area contributed by atoms with Gasteiger partial charge in [0, 0.05) is 37.9 Å². The highest BCUT2D eigenvalue weighted by atomic mass is 16.3. The van der Waals surface area contributed by atoms with Crippen molar-refractivity contribution in [1.29, 1.82) is 0 Å². The highest BCUT2D eigenvalue weighted by Crippen LogP contribution is 2.21. The predicted octanol–water partition coefficient (Wildman–Crippen LogP) is 0.470. The third kappa shape index (κ3) is 1.96. The maximum Gasteiger partial charge on any atom is 0.0872 e. The smallest absolute Gasteiger partial charge is 0.0872 e. The molecule has 1 saturated heterocycles. The van der Waals surface area contributed by atoms with Gasteiger partial charge in [-0.25, -0.2) is 0 Å². The first kappa shape index (κ1) is 9.68. The molecule has 0 aliphatic carbocycles. The van der Waals surface area contributed by atoms with Crippen molar-refractivity contribution < 1.29 is 5.11 Å². The number of nitrogens with zero attached hydrogens (tertiary/aromatic N) is 3. The summed E-state index contributed by atoms with van der Waals surface area (Å²) in [6.07, 6.45) is 3.96. The summed E-state index contributed by atoms with van der Waals surface area (Å²) in [6.45, 7) is 7.30. The van der Waals surface area contributed by atoms with E-state index in [1.165, 1.54) is 5.56 Å². The molecule has 0 aromatic carbocycles. The average Bonchev–Trinajstić information content (AvgIpc) is 2.49. The molecule has 1 fully saturated rings. The van der Waals surface area contributed by atoms with E-state index < -0.39 is 5.60 Å². The SMILES string of the molecule is CCn1cc(CN2CC(C)(O)C2)cn1. The van der Waals surface area contributed by atoms with Crippen molar-refractivity contribution in [3.63, 3.8) is 0 Å². The lowest BCUT2D eigenvalue weighted by molar-refractivity contribution is -0.0871. The van der Waals surface area contributed by atoms with Gasteiger partial charge in [0.1, 0.15) is 0 Å². The number of aryl methyl sites for hydroxylation is 1. The van der Waals surface area contributed by atoms with Gasteiger partial charge in [0.2, 0.25) is 0 Å². The highest BCUT2D eigenvalue weighted by Gasteiger charge is 2.36. The van der Waals surface area contributed by atoms with Crippen LogP contribution < -0.4 is 0 Å². The van der Waals surface area contributed by atoms with Crippen molar-refractivity contribution in [2.75, 3.05) is 13.1 Å². The molecule has 0 atom stereocenters. The van der Waals surface area contributed by atoms with Gasteiger partial charge in [0.05, 0.1) is 11.8 Å². The van der Waals surface area contributed by atoms with Crippen molar-refractivity contribution in [3.8, 4) is 0 Å². The van der Waals surface area contributed by atoms with Crippen LogP contribution in [0.5, 0.6) is 0 Å². The minimum atomic E-state index is -0.471. The van der Waals surface area contributed by atoms with Gasteiger partial charge in [0.15, 0.2) is 0 Å². The molecule has 4 nitrogen and oxygen atoms in total. The fourth-order valence-electron chi connectivity index (χ4n) is 1.95. The second kappa shape index (κ2) is 3.37. The number of β-amino-alcohol motifs (C(OH)–C–C–N with tert-alkyl or cyclic N) is 1. The maximum atomic E-state index is 9.55. The van der Waals surface area contributed by atoms with E-state index in [9.17, 15) is 5.11 Å². The number of aromatic nitrogens is 2. The molecule has 0 bridgehead atoms. The molecule has 0 amide bonds. The lowest BCUT2D eigenvalue weighted by Gasteiger charge is -2.44. The van der Waals surface area contributed by atoms with E-state index in [-0.39, 0.29) is 0 Å². The van der Waals surface area contributed by atoms with Gasteiger partial charge in [-0.2, -0.15) is 5.10 Å².